The Morgan fingerprint density at radius 3 is 1.10 bits per heavy atom. The second kappa shape index (κ2) is 41.3. The molecule has 2 aromatic carbocycles. The van der Waals surface area contributed by atoms with Crippen molar-refractivity contribution in [1.82, 2.24) is 69.1 Å². The van der Waals surface area contributed by atoms with Crippen molar-refractivity contribution in [2.24, 2.45) is 23.3 Å². The fraction of sp³-hybridized carbons (Fsp3) is 0.517. The van der Waals surface area contributed by atoms with Crippen LogP contribution in [0.15, 0.2) is 48.5 Å². The summed E-state index contributed by atoms with van der Waals surface area (Å²) in [5, 5.41) is 116. The van der Waals surface area contributed by atoms with Crippen molar-refractivity contribution < 1.29 is 123 Å². The van der Waals surface area contributed by atoms with Gasteiger partial charge in [-0.2, -0.15) is 0 Å². The van der Waals surface area contributed by atoms with Crippen molar-refractivity contribution in [1.29, 1.82) is 0 Å². The second-order valence-electron chi connectivity index (χ2n) is 22.6. The van der Waals surface area contributed by atoms with Gasteiger partial charge in [-0.15, -0.1) is 0 Å². The highest BCUT2D eigenvalue weighted by Crippen LogP contribution is 2.15. The molecule has 0 unspecified atom stereocenters. The van der Waals surface area contributed by atoms with E-state index in [0.717, 1.165) is 0 Å². The lowest BCUT2D eigenvalue weighted by Crippen LogP contribution is -2.61. The molecule has 0 bridgehead atoms. The molecule has 40 nitrogen and oxygen atoms in total. The third-order valence-corrected chi connectivity index (χ3v) is 14.0. The van der Waals surface area contributed by atoms with Crippen LogP contribution in [0.1, 0.15) is 58.6 Å². The lowest BCUT2D eigenvalue weighted by atomic mass is 10.00. The number of amides is 14. The Morgan fingerprint density at radius 1 is 0.378 bits per heavy atom. The number of hydrogen-bond donors (Lipinski definition) is 24. The van der Waals surface area contributed by atoms with Gasteiger partial charge in [-0.1, -0.05) is 52.0 Å². The fourth-order valence-corrected chi connectivity index (χ4v) is 8.43. The zero-order valence-electron chi connectivity index (χ0n) is 53.7. The minimum absolute atomic E-state index is 0.176. The van der Waals surface area contributed by atoms with Gasteiger partial charge in [0, 0.05) is 12.8 Å². The van der Waals surface area contributed by atoms with Gasteiger partial charge in [0.2, 0.25) is 82.7 Å². The van der Waals surface area contributed by atoms with Crippen molar-refractivity contribution >= 4 is 94.6 Å². The quantitative estimate of drug-likeness (QED) is 0.0293. The number of aromatic hydroxyl groups is 2. The molecular formula is C58H85N15O25. The number of carbonyl (C=O) groups excluding carboxylic acids is 14. The maximum absolute atomic E-state index is 14.1. The van der Waals surface area contributed by atoms with E-state index in [2.05, 4.69) is 47.9 Å². The van der Waals surface area contributed by atoms with E-state index in [1.807, 2.05) is 21.3 Å². The summed E-state index contributed by atoms with van der Waals surface area (Å²) in [6, 6.07) is -8.87. The third-order valence-electron chi connectivity index (χ3n) is 14.0. The van der Waals surface area contributed by atoms with Gasteiger partial charge in [-0.05, 0) is 54.2 Å². The number of hydrogen-bond acceptors (Lipinski definition) is 24. The van der Waals surface area contributed by atoms with Crippen molar-refractivity contribution in [3.63, 3.8) is 0 Å². The molecule has 12 atom stereocenters. The molecule has 0 radical (unpaired) electrons. The SMILES string of the molecule is CC(C)[C@H](NC(=O)[C@H](CC(=O)O)NC(=O)[C@H](CO)NC(=O)[C@H](CO)NC(=O)[C@H](CO)NC(=O)CNC(=O)[C@@H](N)[C@@H](C)O)C(=O)NCC(=O)NCC(=O)N[C@@H](Cc1ccc(O)cc1)C(=O)N[C@@H](CC(N)=O)C(=O)N[C@@H](Cc1ccc(O)cc1)C(=O)N[C@H](C(=O)N[C@@H](CO)C(=O)O)C(C)C. The smallest absolute Gasteiger partial charge is 0.328 e. The average molecular weight is 1390 g/mol. The van der Waals surface area contributed by atoms with Gasteiger partial charge >= 0.3 is 11.9 Å². The molecule has 542 valence electrons. The number of aliphatic hydroxyl groups is 5. The van der Waals surface area contributed by atoms with E-state index in [4.69, 9.17) is 11.5 Å². The van der Waals surface area contributed by atoms with Crippen LogP contribution >= 0.6 is 0 Å². The van der Waals surface area contributed by atoms with Crippen molar-refractivity contribution in [2.75, 3.05) is 46.1 Å². The molecule has 98 heavy (non-hydrogen) atoms. The zero-order valence-corrected chi connectivity index (χ0v) is 53.7. The summed E-state index contributed by atoms with van der Waals surface area (Å²) >= 11 is 0. The van der Waals surface area contributed by atoms with Crippen molar-refractivity contribution in [2.45, 2.75) is 133 Å². The molecule has 2 aromatic rings. The number of nitrogens with two attached hydrogens (primary N) is 2. The average Bonchev–Trinajstić information content (AvgIpc) is 0.867. The summed E-state index contributed by atoms with van der Waals surface area (Å²) in [6.07, 6.45) is -4.15. The lowest BCUT2D eigenvalue weighted by molar-refractivity contribution is -0.143. The molecule has 40 heteroatoms. The van der Waals surface area contributed by atoms with Gasteiger partial charge in [0.1, 0.15) is 78.0 Å². The number of nitrogens with one attached hydrogen (secondary N) is 13. The molecule has 26 N–H and O–H groups in total. The Kier molecular flexibility index (Phi) is 35.2. The highest BCUT2D eigenvalue weighted by molar-refractivity contribution is 6.00. The monoisotopic (exact) mass is 1390 g/mol. The number of rotatable bonds is 42. The number of aliphatic hydroxyl groups excluding tert-OH is 5. The predicted molar refractivity (Wildman–Crippen MR) is 333 cm³/mol. The van der Waals surface area contributed by atoms with Crippen LogP contribution < -0.4 is 80.6 Å². The zero-order chi connectivity index (χ0) is 74.3. The molecular weight excluding hydrogens is 1310 g/mol. The summed E-state index contributed by atoms with van der Waals surface area (Å²) in [5.74, 6) is -21.5. The Labute approximate surface area is 558 Å². The van der Waals surface area contributed by atoms with E-state index in [1.54, 1.807) is 0 Å². The maximum Gasteiger partial charge on any atom is 0.328 e. The van der Waals surface area contributed by atoms with Crippen molar-refractivity contribution in [3.8, 4) is 11.5 Å². The number of benzene rings is 2. The fourth-order valence-electron chi connectivity index (χ4n) is 8.43. The molecule has 0 aliphatic heterocycles. The molecule has 0 aliphatic carbocycles. The second-order valence-corrected chi connectivity index (χ2v) is 22.6. The van der Waals surface area contributed by atoms with E-state index >= 15 is 0 Å². The molecule has 0 saturated carbocycles. The highest BCUT2D eigenvalue weighted by Gasteiger charge is 2.37. The van der Waals surface area contributed by atoms with Gasteiger partial charge in [-0.25, -0.2) is 4.79 Å². The standard InChI is InChI=1S/C58H85N15O25/c1-25(2)46(72-51(90)35(17-44(85)86)68-53(92)37(22-75)70-54(93)38(23-76)69-52(91)36(21-74)65-43(84)20-62-55(94)45(60)27(5)78)56(95)63-18-41(82)61-19-42(83)64-32(14-28-6-10-30(79)11-7-28)48(87)67-34(16-40(59)81)49(88)66-33(15-29-8-12-31(80)13-9-29)50(89)73-47(26(3)4)57(96)71-39(24-77)58(97)98/h6-13,25-27,32-39,45-47,74-80H,14-24,60H2,1-5H3,(H2,59,81)(H,61,82)(H,62,94)(H,63,95)(H,64,83)(H,65,84)(H,66,88)(H,67,87)(H,68,92)(H,69,91)(H,70,93)(H,71,96)(H,72,90)(H,73,89)(H,85,86)(H,97,98)/t27-,32+,33+,34+,35+,36+,37+,38+,39+,45+,46+,47+/m1/s1. The van der Waals surface area contributed by atoms with E-state index < -0.39 is 244 Å². The molecule has 0 aliphatic rings. The van der Waals surface area contributed by atoms with E-state index in [9.17, 15) is 123 Å². The first kappa shape index (κ1) is 83.4. The predicted octanol–water partition coefficient (Wildman–Crippen LogP) is -11.5. The summed E-state index contributed by atoms with van der Waals surface area (Å²) in [6.45, 7) is -0.171. The highest BCUT2D eigenvalue weighted by atomic mass is 16.4. The van der Waals surface area contributed by atoms with E-state index in [0.29, 0.717) is 11.1 Å². The molecule has 0 spiro atoms. The van der Waals surface area contributed by atoms with E-state index in [-0.39, 0.29) is 17.9 Å². The van der Waals surface area contributed by atoms with Crippen LogP contribution in [-0.4, -0.2) is 259 Å². The summed E-state index contributed by atoms with van der Waals surface area (Å²) in [4.78, 5) is 209. The normalized spacial score (nSPS) is 14.7. The van der Waals surface area contributed by atoms with E-state index in [1.165, 1.54) is 83.1 Å². The number of phenolic OH excluding ortho intramolecular Hbond substituents is 2. The van der Waals surface area contributed by atoms with Gasteiger partial charge < -0.3 is 127 Å². The largest absolute Gasteiger partial charge is 0.508 e. The number of carboxylic acid groups (broad SMARTS) is 2. The minimum atomic E-state index is -2.06. The van der Waals surface area contributed by atoms with Crippen molar-refractivity contribution in [3.05, 3.63) is 59.7 Å². The summed E-state index contributed by atoms with van der Waals surface area (Å²) in [5.41, 5.74) is 11.6. The molecule has 14 amide bonds. The van der Waals surface area contributed by atoms with Gasteiger partial charge in [0.25, 0.3) is 0 Å². The Hall–Kier alpha value is -10.7. The van der Waals surface area contributed by atoms with Gasteiger partial charge in [0.15, 0.2) is 0 Å². The maximum atomic E-state index is 14.1. The first-order chi connectivity index (χ1) is 45.9. The minimum Gasteiger partial charge on any atom is -0.508 e. The topological polar surface area (TPSA) is 664 Å². The van der Waals surface area contributed by atoms with Crippen LogP contribution in [0, 0.1) is 11.8 Å². The first-order valence-corrected chi connectivity index (χ1v) is 29.9. The van der Waals surface area contributed by atoms with Crippen LogP contribution in [0.2, 0.25) is 0 Å². The van der Waals surface area contributed by atoms with Crippen LogP contribution in [0.3, 0.4) is 0 Å². The summed E-state index contributed by atoms with van der Waals surface area (Å²) < 4.78 is 0. The molecule has 0 saturated heterocycles. The van der Waals surface area contributed by atoms with Crippen LogP contribution in [-0.2, 0) is 89.6 Å². The van der Waals surface area contributed by atoms with Crippen LogP contribution in [0.4, 0.5) is 0 Å². The number of aliphatic carboxylic acids is 2. The number of primary amides is 1. The molecule has 2 rings (SSSR count). The molecule has 0 aromatic heterocycles. The number of phenols is 2. The Balaban J connectivity index is 2.24. The molecule has 0 heterocycles. The third kappa shape index (κ3) is 29.1. The number of carboxylic acids is 2. The number of carbonyl (C=O) groups is 16. The van der Waals surface area contributed by atoms with Crippen LogP contribution in [0.5, 0.6) is 11.5 Å². The van der Waals surface area contributed by atoms with Gasteiger partial charge in [-0.3, -0.25) is 71.9 Å². The lowest BCUT2D eigenvalue weighted by Gasteiger charge is -2.28. The Morgan fingerprint density at radius 2 is 0.694 bits per heavy atom. The Bertz CT molecular complexity index is 3150. The van der Waals surface area contributed by atoms with Crippen LogP contribution in [0.25, 0.3) is 0 Å². The first-order valence-electron chi connectivity index (χ1n) is 29.9. The van der Waals surface area contributed by atoms with Gasteiger partial charge in [0.05, 0.1) is 65.0 Å². The summed E-state index contributed by atoms with van der Waals surface area (Å²) in [7, 11) is 0. The molecule has 0 fully saturated rings.